The largest absolute Gasteiger partial charge is 0.505 e. The van der Waals surface area contributed by atoms with Gasteiger partial charge in [-0.05, 0) is 85.7 Å². The van der Waals surface area contributed by atoms with Crippen LogP contribution in [0.5, 0.6) is 0 Å². The molecule has 0 heterocycles. The molecular formula is C30H46O2. The van der Waals surface area contributed by atoms with Gasteiger partial charge in [0.2, 0.25) is 5.78 Å². The second-order valence-corrected chi connectivity index (χ2v) is 13.3. The number of fused-ring (bicyclic) bond motifs is 5. The van der Waals surface area contributed by atoms with E-state index in [1.165, 1.54) is 44.1 Å². The van der Waals surface area contributed by atoms with Crippen LogP contribution in [-0.4, -0.2) is 10.9 Å². The van der Waals surface area contributed by atoms with E-state index in [2.05, 4.69) is 53.7 Å². The molecule has 0 radical (unpaired) electrons. The Balaban J connectivity index is 1.69. The lowest BCUT2D eigenvalue weighted by Gasteiger charge is -2.59. The van der Waals surface area contributed by atoms with E-state index in [9.17, 15) is 9.90 Å². The van der Waals surface area contributed by atoms with E-state index < -0.39 is 5.41 Å². The topological polar surface area (TPSA) is 37.3 Å². The first kappa shape index (κ1) is 23.8. The van der Waals surface area contributed by atoms with Crippen molar-refractivity contribution in [2.75, 3.05) is 0 Å². The second kappa shape index (κ2) is 7.60. The Morgan fingerprint density at radius 3 is 2.34 bits per heavy atom. The zero-order valence-electron chi connectivity index (χ0n) is 21.8. The van der Waals surface area contributed by atoms with Gasteiger partial charge in [0, 0.05) is 5.41 Å². The first-order valence-electron chi connectivity index (χ1n) is 13.2. The van der Waals surface area contributed by atoms with E-state index in [1.54, 1.807) is 5.57 Å². The number of rotatable bonds is 5. The molecule has 0 aromatic rings. The highest BCUT2D eigenvalue weighted by Crippen LogP contribution is 2.72. The van der Waals surface area contributed by atoms with Gasteiger partial charge in [-0.3, -0.25) is 4.79 Å². The molecule has 0 aromatic heterocycles. The Hall–Kier alpha value is -1.31. The fourth-order valence-electron chi connectivity index (χ4n) is 8.65. The Bertz CT molecular complexity index is 887. The molecule has 0 spiro atoms. The first-order chi connectivity index (χ1) is 14.8. The summed E-state index contributed by atoms with van der Waals surface area (Å²) in [6, 6.07) is 0. The molecule has 0 saturated heterocycles. The van der Waals surface area contributed by atoms with Gasteiger partial charge in [0.15, 0.2) is 5.76 Å². The molecule has 0 amide bonds. The van der Waals surface area contributed by atoms with Crippen molar-refractivity contribution in [3.8, 4) is 0 Å². The van der Waals surface area contributed by atoms with Crippen molar-refractivity contribution >= 4 is 5.78 Å². The van der Waals surface area contributed by atoms with Crippen LogP contribution in [0.2, 0.25) is 0 Å². The first-order valence-corrected chi connectivity index (χ1v) is 13.2. The van der Waals surface area contributed by atoms with E-state index in [0.717, 1.165) is 24.2 Å². The van der Waals surface area contributed by atoms with Gasteiger partial charge in [0.1, 0.15) is 0 Å². The molecule has 4 rings (SSSR count). The zero-order chi connectivity index (χ0) is 23.7. The molecule has 2 fully saturated rings. The molecule has 2 heteroatoms. The molecule has 178 valence electrons. The maximum absolute atomic E-state index is 12.8. The van der Waals surface area contributed by atoms with Crippen LogP contribution < -0.4 is 0 Å². The minimum atomic E-state index is -0.638. The third kappa shape index (κ3) is 3.14. The summed E-state index contributed by atoms with van der Waals surface area (Å²) in [5.41, 5.74) is 2.40. The number of aliphatic hydroxyl groups excluding tert-OH is 1. The van der Waals surface area contributed by atoms with Crippen molar-refractivity contribution in [2.45, 2.75) is 100 Å². The summed E-state index contributed by atoms with van der Waals surface area (Å²) >= 11 is 0. The Kier molecular flexibility index (Phi) is 5.66. The third-order valence-electron chi connectivity index (χ3n) is 10.8. The van der Waals surface area contributed by atoms with Gasteiger partial charge in [-0.15, -0.1) is 0 Å². The number of hydrogen-bond acceptors (Lipinski definition) is 2. The van der Waals surface area contributed by atoms with E-state index in [-0.39, 0.29) is 22.4 Å². The lowest BCUT2D eigenvalue weighted by Crippen LogP contribution is -2.52. The minimum Gasteiger partial charge on any atom is -0.505 e. The number of hydrogen-bond donors (Lipinski definition) is 1. The van der Waals surface area contributed by atoms with Crippen molar-refractivity contribution < 1.29 is 9.90 Å². The number of carbonyl (C=O) groups excluding carboxylic acids is 1. The second-order valence-electron chi connectivity index (χ2n) is 13.3. The van der Waals surface area contributed by atoms with Gasteiger partial charge in [-0.1, -0.05) is 78.5 Å². The Morgan fingerprint density at radius 1 is 1.00 bits per heavy atom. The summed E-state index contributed by atoms with van der Waals surface area (Å²) in [4.78, 5) is 12.8. The van der Waals surface area contributed by atoms with E-state index in [1.807, 2.05) is 19.9 Å². The van der Waals surface area contributed by atoms with Crippen LogP contribution in [0, 0.1) is 45.3 Å². The maximum Gasteiger partial charge on any atom is 0.206 e. The highest BCUT2D eigenvalue weighted by atomic mass is 16.3. The van der Waals surface area contributed by atoms with Crippen LogP contribution in [0.4, 0.5) is 0 Å². The molecule has 4 aliphatic rings. The summed E-state index contributed by atoms with van der Waals surface area (Å²) in [7, 11) is 0. The van der Waals surface area contributed by atoms with Crippen LogP contribution in [0.15, 0.2) is 35.1 Å². The highest BCUT2D eigenvalue weighted by Gasteiger charge is 2.63. The quantitative estimate of drug-likeness (QED) is 0.469. The van der Waals surface area contributed by atoms with Gasteiger partial charge < -0.3 is 5.11 Å². The van der Waals surface area contributed by atoms with E-state index in [4.69, 9.17) is 0 Å². The monoisotopic (exact) mass is 438 g/mol. The molecule has 2 saturated carbocycles. The van der Waals surface area contributed by atoms with Gasteiger partial charge in [0.05, 0.1) is 5.41 Å². The summed E-state index contributed by atoms with van der Waals surface area (Å²) in [5, 5.41) is 10.6. The average molecular weight is 439 g/mol. The lowest BCUT2D eigenvalue weighted by molar-refractivity contribution is -0.126. The predicted octanol–water partition coefficient (Wildman–Crippen LogP) is 8.20. The molecule has 0 aromatic carbocycles. The minimum absolute atomic E-state index is 0.0301. The molecule has 4 aliphatic carbocycles. The van der Waals surface area contributed by atoms with Gasteiger partial charge >= 0.3 is 0 Å². The van der Waals surface area contributed by atoms with Gasteiger partial charge in [-0.2, -0.15) is 0 Å². The number of allylic oxidation sites excluding steroid dienone is 6. The smallest absolute Gasteiger partial charge is 0.206 e. The van der Waals surface area contributed by atoms with Crippen molar-refractivity contribution in [1.29, 1.82) is 0 Å². The SMILES string of the molecule is CC(C)CCC[C@@H](C)[C@H]1CC[C@@]2(C)C3=CC=C4C(C)(C)C(=O)C(O)=C[C@]4(C)[C@H]3CC[C@]12C. The molecule has 6 atom stereocenters. The normalized spacial score (nSPS) is 41.3. The number of ketones is 1. The highest BCUT2D eigenvalue weighted by molar-refractivity contribution is 6.01. The van der Waals surface area contributed by atoms with Crippen LogP contribution in [0.25, 0.3) is 0 Å². The molecule has 0 unspecified atom stereocenters. The Labute approximate surface area is 196 Å². The van der Waals surface area contributed by atoms with Crippen LogP contribution in [0.1, 0.15) is 100 Å². The predicted molar refractivity (Wildman–Crippen MR) is 133 cm³/mol. The Morgan fingerprint density at radius 2 is 1.69 bits per heavy atom. The molecule has 2 nitrogen and oxygen atoms in total. The molecule has 1 N–H and O–H groups in total. The standard InChI is InChI=1S/C30H46O2/c1-19(2)10-9-11-20(3)21-14-16-30(8)23-12-13-25-27(4,5)26(32)24(31)18-28(25,6)22(23)15-17-29(21,30)7/h12-13,18-22,31H,9-11,14-17H2,1-8H3/t20-,21-,22+,28-,29-,30+/m1/s1. The summed E-state index contributed by atoms with van der Waals surface area (Å²) in [6.07, 6.45) is 15.6. The fourth-order valence-corrected chi connectivity index (χ4v) is 8.65. The van der Waals surface area contributed by atoms with Crippen LogP contribution in [0.3, 0.4) is 0 Å². The van der Waals surface area contributed by atoms with Crippen LogP contribution in [-0.2, 0) is 4.79 Å². The number of aliphatic hydroxyl groups is 1. The molecule has 32 heavy (non-hydrogen) atoms. The molecule has 0 bridgehead atoms. The molecule has 0 aliphatic heterocycles. The fraction of sp³-hybridized carbons (Fsp3) is 0.767. The number of carbonyl (C=O) groups is 1. The summed E-state index contributed by atoms with van der Waals surface area (Å²) in [5.74, 6) is 2.57. The third-order valence-corrected chi connectivity index (χ3v) is 10.8. The molecular weight excluding hydrogens is 392 g/mol. The summed E-state index contributed by atoms with van der Waals surface area (Å²) in [6.45, 7) is 18.6. The van der Waals surface area contributed by atoms with Crippen molar-refractivity contribution in [3.63, 3.8) is 0 Å². The lowest BCUT2D eigenvalue weighted by atomic mass is 9.44. The van der Waals surface area contributed by atoms with Crippen molar-refractivity contribution in [2.24, 2.45) is 45.3 Å². The van der Waals surface area contributed by atoms with Crippen molar-refractivity contribution in [3.05, 3.63) is 35.1 Å². The van der Waals surface area contributed by atoms with E-state index >= 15 is 0 Å². The average Bonchev–Trinajstić information content (AvgIpc) is 2.97. The number of Topliss-reactive ketones (excluding diaryl/α,β-unsaturated/α-hetero) is 1. The van der Waals surface area contributed by atoms with Gasteiger partial charge in [0.25, 0.3) is 0 Å². The van der Waals surface area contributed by atoms with Crippen LogP contribution >= 0.6 is 0 Å². The van der Waals surface area contributed by atoms with Gasteiger partial charge in [-0.25, -0.2) is 0 Å². The maximum atomic E-state index is 12.8. The van der Waals surface area contributed by atoms with Crippen molar-refractivity contribution in [1.82, 2.24) is 0 Å². The van der Waals surface area contributed by atoms with E-state index in [0.29, 0.717) is 11.3 Å². The summed E-state index contributed by atoms with van der Waals surface area (Å²) < 4.78 is 0. The zero-order valence-corrected chi connectivity index (χ0v) is 21.8.